The molecule has 0 aromatic rings. The number of carbonyl (C=O) groups is 1. The molecule has 0 saturated carbocycles. The topological polar surface area (TPSA) is 37.3 Å². The quantitative estimate of drug-likeness (QED) is 0.302. The molecule has 0 amide bonds. The highest BCUT2D eigenvalue weighted by Gasteiger charge is 2.41. The zero-order valence-electron chi connectivity index (χ0n) is 10.9. The second-order valence-electron chi connectivity index (χ2n) is 4.70. The Bertz CT molecular complexity index is 232. The number of hydrogen-bond donors (Lipinski definition) is 1. The second kappa shape index (κ2) is 10.4. The van der Waals surface area contributed by atoms with Crippen LogP contribution in [0.5, 0.6) is 0 Å². The lowest BCUT2D eigenvalue weighted by Crippen LogP contribution is -2.27. The first-order valence-corrected chi connectivity index (χ1v) is 11.8. The van der Waals surface area contributed by atoms with Crippen LogP contribution in [0.25, 0.3) is 0 Å². The summed E-state index contributed by atoms with van der Waals surface area (Å²) in [4.78, 5) is 11.0. The molecule has 0 aliphatic heterocycles. The van der Waals surface area contributed by atoms with E-state index in [9.17, 15) is 4.79 Å². The monoisotopic (exact) mass is 332 g/mol. The molecule has 0 heterocycles. The highest BCUT2D eigenvalue weighted by Crippen LogP contribution is 2.37. The summed E-state index contributed by atoms with van der Waals surface area (Å²) in [5, 5.41) is 8.99. The van der Waals surface area contributed by atoms with Gasteiger partial charge in [0.2, 0.25) is 0 Å². The summed E-state index contributed by atoms with van der Waals surface area (Å²) < 4.78 is 0. The highest BCUT2D eigenvalue weighted by atomic mass is 35.8. The van der Waals surface area contributed by atoms with E-state index in [1.165, 1.54) is 32.1 Å². The van der Waals surface area contributed by atoms with Crippen molar-refractivity contribution in [2.75, 3.05) is 0 Å². The van der Waals surface area contributed by atoms with Crippen LogP contribution in [0.15, 0.2) is 0 Å². The lowest BCUT2D eigenvalue weighted by molar-refractivity contribution is -0.137. The van der Waals surface area contributed by atoms with Crippen LogP contribution < -0.4 is 0 Å². The van der Waals surface area contributed by atoms with E-state index < -0.39 is 17.5 Å². The van der Waals surface area contributed by atoms with Gasteiger partial charge in [-0.3, -0.25) is 4.79 Å². The van der Waals surface area contributed by atoms with Gasteiger partial charge in [0.25, 0.3) is 0 Å². The third-order valence-electron chi connectivity index (χ3n) is 3.04. The third kappa shape index (κ3) is 9.48. The molecule has 0 aliphatic rings. The minimum absolute atomic E-state index is 0.493. The van der Waals surface area contributed by atoms with Crippen molar-refractivity contribution in [1.29, 1.82) is 0 Å². The summed E-state index contributed by atoms with van der Waals surface area (Å²) >= 11 is 17.3. The maximum absolute atomic E-state index is 11.0. The molecule has 0 spiro atoms. The first-order valence-electron chi connectivity index (χ1n) is 6.69. The van der Waals surface area contributed by atoms with Gasteiger partial charge in [0.05, 0.1) is 5.54 Å². The van der Waals surface area contributed by atoms with Crippen molar-refractivity contribution in [3.8, 4) is 0 Å². The predicted molar refractivity (Wildman–Crippen MR) is 81.9 cm³/mol. The molecular formula is C12H23Cl3O2Si. The first kappa shape index (κ1) is 18.6. The van der Waals surface area contributed by atoms with E-state index in [0.717, 1.165) is 19.3 Å². The van der Waals surface area contributed by atoms with Gasteiger partial charge in [0.1, 0.15) is 0 Å². The van der Waals surface area contributed by atoms with Crippen molar-refractivity contribution in [3.05, 3.63) is 0 Å². The van der Waals surface area contributed by atoms with Gasteiger partial charge in [-0.05, 0) is 6.42 Å². The Morgan fingerprint density at radius 3 is 1.83 bits per heavy atom. The molecule has 1 N–H and O–H groups in total. The van der Waals surface area contributed by atoms with Crippen LogP contribution in [0.1, 0.15) is 64.7 Å². The van der Waals surface area contributed by atoms with Gasteiger partial charge in [0, 0.05) is 0 Å². The van der Waals surface area contributed by atoms with Crippen molar-refractivity contribution >= 4 is 45.2 Å². The minimum Gasteiger partial charge on any atom is -0.481 e. The van der Waals surface area contributed by atoms with Gasteiger partial charge in [-0.25, -0.2) is 0 Å². The molecule has 0 aromatic carbocycles. The van der Waals surface area contributed by atoms with Crippen LogP contribution >= 0.6 is 33.2 Å². The molecule has 1 atom stereocenters. The highest BCUT2D eigenvalue weighted by molar-refractivity contribution is 7.65. The smallest absolute Gasteiger partial charge is 0.355 e. The molecular weight excluding hydrogens is 311 g/mol. The maximum Gasteiger partial charge on any atom is 0.355 e. The van der Waals surface area contributed by atoms with E-state index in [4.69, 9.17) is 38.3 Å². The Morgan fingerprint density at radius 2 is 1.44 bits per heavy atom. The number of halogens is 3. The second-order valence-corrected chi connectivity index (χ2v) is 13.6. The Hall–Kier alpha value is 0.557. The van der Waals surface area contributed by atoms with Crippen LogP contribution in [0, 0.1) is 0 Å². The van der Waals surface area contributed by atoms with Gasteiger partial charge in [-0.15, -0.1) is 33.2 Å². The Kier molecular flexibility index (Phi) is 10.7. The lowest BCUT2D eigenvalue weighted by Gasteiger charge is -2.17. The van der Waals surface area contributed by atoms with E-state index in [-0.39, 0.29) is 0 Å². The largest absolute Gasteiger partial charge is 0.481 e. The molecule has 18 heavy (non-hydrogen) atoms. The molecule has 0 radical (unpaired) electrons. The minimum atomic E-state index is -3.12. The van der Waals surface area contributed by atoms with Crippen LogP contribution in [0.2, 0.25) is 5.54 Å². The van der Waals surface area contributed by atoms with E-state index in [0.29, 0.717) is 6.42 Å². The molecule has 2 nitrogen and oxygen atoms in total. The van der Waals surface area contributed by atoms with Gasteiger partial charge < -0.3 is 5.11 Å². The Morgan fingerprint density at radius 1 is 1.00 bits per heavy atom. The van der Waals surface area contributed by atoms with E-state index in [1.54, 1.807) is 0 Å². The van der Waals surface area contributed by atoms with Crippen molar-refractivity contribution in [2.45, 2.75) is 70.3 Å². The average molecular weight is 334 g/mol. The van der Waals surface area contributed by atoms with Crippen LogP contribution in [0.3, 0.4) is 0 Å². The fraction of sp³-hybridized carbons (Fsp3) is 0.917. The zero-order chi connectivity index (χ0) is 14.0. The number of carboxylic acids is 1. The molecule has 1 unspecified atom stereocenters. The fourth-order valence-electron chi connectivity index (χ4n) is 1.91. The number of hydrogen-bond acceptors (Lipinski definition) is 1. The molecule has 0 aliphatic carbocycles. The molecule has 108 valence electrons. The maximum atomic E-state index is 11.0. The van der Waals surface area contributed by atoms with E-state index in [2.05, 4.69) is 6.92 Å². The number of rotatable bonds is 11. The molecule has 0 saturated heterocycles. The van der Waals surface area contributed by atoms with Crippen LogP contribution in [-0.4, -0.2) is 17.1 Å². The summed E-state index contributed by atoms with van der Waals surface area (Å²) in [6.07, 6.45) is 9.88. The van der Waals surface area contributed by atoms with Crippen molar-refractivity contribution in [2.24, 2.45) is 0 Å². The Labute approximate surface area is 125 Å². The summed E-state index contributed by atoms with van der Waals surface area (Å²) in [6.45, 7) is 2.20. The number of aliphatic carboxylic acids is 1. The zero-order valence-corrected chi connectivity index (χ0v) is 14.2. The van der Waals surface area contributed by atoms with Gasteiger partial charge >= 0.3 is 12.0 Å². The summed E-state index contributed by atoms with van der Waals surface area (Å²) in [5.41, 5.74) is -0.761. The van der Waals surface area contributed by atoms with Gasteiger partial charge in [-0.2, -0.15) is 0 Å². The number of carboxylic acid groups (broad SMARTS) is 1. The molecule has 6 heteroatoms. The van der Waals surface area contributed by atoms with Crippen LogP contribution in [-0.2, 0) is 4.79 Å². The standard InChI is InChI=1S/C12H23Cl3O2Si/c1-2-3-4-5-6-7-8-9-10-11(12(16)17)18(13,14)15/h11H,2-10H2,1H3,(H,16,17). The molecule has 0 fully saturated rings. The fourth-order valence-corrected chi connectivity index (χ4v) is 4.54. The normalized spacial score (nSPS) is 13.6. The summed E-state index contributed by atoms with van der Waals surface area (Å²) in [7, 11) is 0. The molecule has 0 bridgehead atoms. The first-order chi connectivity index (χ1) is 8.39. The van der Waals surface area contributed by atoms with Crippen molar-refractivity contribution in [1.82, 2.24) is 0 Å². The predicted octanol–water partition coefficient (Wildman–Crippen LogP) is 5.63. The van der Waals surface area contributed by atoms with Gasteiger partial charge in [-0.1, -0.05) is 58.3 Å². The van der Waals surface area contributed by atoms with E-state index >= 15 is 0 Å². The Balaban J connectivity index is 3.60. The SMILES string of the molecule is CCCCCCCCCCC(C(=O)O)[Si](Cl)(Cl)Cl. The van der Waals surface area contributed by atoms with Gasteiger partial charge in [0.15, 0.2) is 0 Å². The molecule has 0 rings (SSSR count). The number of unbranched alkanes of at least 4 members (excludes halogenated alkanes) is 7. The van der Waals surface area contributed by atoms with E-state index in [1.807, 2.05) is 0 Å². The summed E-state index contributed by atoms with van der Waals surface area (Å²) in [5.74, 6) is -0.968. The van der Waals surface area contributed by atoms with Crippen molar-refractivity contribution in [3.63, 3.8) is 0 Å². The van der Waals surface area contributed by atoms with Crippen molar-refractivity contribution < 1.29 is 9.90 Å². The summed E-state index contributed by atoms with van der Waals surface area (Å²) in [6, 6.07) is -3.12. The lowest BCUT2D eigenvalue weighted by atomic mass is 10.1. The third-order valence-corrected chi connectivity index (χ3v) is 6.74. The van der Waals surface area contributed by atoms with Crippen LogP contribution in [0.4, 0.5) is 0 Å². The average Bonchev–Trinajstić information content (AvgIpc) is 2.24. The molecule has 0 aromatic heterocycles.